The van der Waals surface area contributed by atoms with Crippen LogP contribution < -0.4 is 10.6 Å². The van der Waals surface area contributed by atoms with E-state index in [0.717, 1.165) is 31.5 Å². The van der Waals surface area contributed by atoms with Crippen LogP contribution in [0.2, 0.25) is 0 Å². The summed E-state index contributed by atoms with van der Waals surface area (Å²) in [6.45, 7) is 3.87. The maximum Gasteiger partial charge on any atom is 0.308 e. The number of hydrogen-bond acceptors (Lipinski definition) is 3. The number of hydrogen-bond donors (Lipinski definition) is 3. The fraction of sp³-hybridized carbons (Fsp3) is 0.500. The van der Waals surface area contributed by atoms with E-state index in [-0.39, 0.29) is 12.5 Å². The van der Waals surface area contributed by atoms with Crippen LogP contribution in [0, 0.1) is 5.92 Å². The lowest BCUT2D eigenvalue weighted by Crippen LogP contribution is -2.33. The Bertz CT molecular complexity index is 528. The van der Waals surface area contributed by atoms with Crippen LogP contribution in [0.5, 0.6) is 0 Å². The summed E-state index contributed by atoms with van der Waals surface area (Å²) in [6.07, 6.45) is 2.34. The van der Waals surface area contributed by atoms with Gasteiger partial charge in [0.2, 0.25) is 0 Å². The Morgan fingerprint density at radius 1 is 1.38 bits per heavy atom. The van der Waals surface area contributed by atoms with Gasteiger partial charge in [0.25, 0.3) is 5.91 Å². The van der Waals surface area contributed by atoms with Crippen molar-refractivity contribution in [2.45, 2.75) is 32.7 Å². The molecule has 1 amide bonds. The van der Waals surface area contributed by atoms with Crippen LogP contribution in [-0.4, -0.2) is 30.1 Å². The molecule has 0 aromatic heterocycles. The first-order chi connectivity index (χ1) is 10.1. The molecule has 0 saturated carbocycles. The second-order valence-electron chi connectivity index (χ2n) is 5.44. The van der Waals surface area contributed by atoms with Gasteiger partial charge in [-0.25, -0.2) is 0 Å². The van der Waals surface area contributed by atoms with E-state index >= 15 is 0 Å². The maximum absolute atomic E-state index is 12.1. The number of carbonyl (C=O) groups is 2. The van der Waals surface area contributed by atoms with Crippen LogP contribution in [0.4, 0.5) is 0 Å². The fourth-order valence-corrected chi connectivity index (χ4v) is 2.60. The predicted molar refractivity (Wildman–Crippen MR) is 80.2 cm³/mol. The summed E-state index contributed by atoms with van der Waals surface area (Å²) < 4.78 is 0. The highest BCUT2D eigenvalue weighted by atomic mass is 16.4. The second kappa shape index (κ2) is 7.22. The van der Waals surface area contributed by atoms with E-state index < -0.39 is 11.9 Å². The molecule has 0 spiro atoms. The highest BCUT2D eigenvalue weighted by Gasteiger charge is 2.18. The minimum absolute atomic E-state index is 0.178. The molecule has 0 fully saturated rings. The van der Waals surface area contributed by atoms with Crippen molar-refractivity contribution in [3.8, 4) is 0 Å². The molecule has 3 N–H and O–H groups in total. The molecule has 5 heteroatoms. The van der Waals surface area contributed by atoms with E-state index in [2.05, 4.69) is 10.6 Å². The van der Waals surface area contributed by atoms with Gasteiger partial charge in [-0.15, -0.1) is 0 Å². The molecule has 2 rings (SSSR count). The molecule has 1 unspecified atom stereocenters. The Morgan fingerprint density at radius 3 is 2.90 bits per heavy atom. The molecule has 1 aliphatic heterocycles. The number of nitrogens with one attached hydrogen (secondary N) is 2. The van der Waals surface area contributed by atoms with Crippen LogP contribution in [0.1, 0.15) is 41.3 Å². The van der Waals surface area contributed by atoms with Gasteiger partial charge in [-0.05, 0) is 42.6 Å². The van der Waals surface area contributed by atoms with Crippen molar-refractivity contribution in [2.75, 3.05) is 13.1 Å². The third-order valence-corrected chi connectivity index (χ3v) is 3.85. The van der Waals surface area contributed by atoms with Crippen molar-refractivity contribution in [3.05, 3.63) is 34.9 Å². The molecule has 1 atom stereocenters. The number of rotatable bonds is 6. The molecule has 5 nitrogen and oxygen atoms in total. The number of carboxylic acids is 1. The quantitative estimate of drug-likeness (QED) is 0.743. The fourth-order valence-electron chi connectivity index (χ4n) is 2.60. The van der Waals surface area contributed by atoms with Gasteiger partial charge < -0.3 is 15.7 Å². The molecule has 0 saturated heterocycles. The topological polar surface area (TPSA) is 78.4 Å². The SMILES string of the molecule is CCCC(CNC(=O)c1ccc2c(c1)CNCC2)C(=O)O. The van der Waals surface area contributed by atoms with Gasteiger partial charge in [0.15, 0.2) is 0 Å². The van der Waals surface area contributed by atoms with Crippen molar-refractivity contribution < 1.29 is 14.7 Å². The van der Waals surface area contributed by atoms with Crippen LogP contribution in [0.3, 0.4) is 0 Å². The largest absolute Gasteiger partial charge is 0.481 e. The molecule has 1 aliphatic rings. The van der Waals surface area contributed by atoms with E-state index in [1.54, 1.807) is 0 Å². The summed E-state index contributed by atoms with van der Waals surface area (Å²) in [5.74, 6) is -1.57. The predicted octanol–water partition coefficient (Wildman–Crippen LogP) is 1.56. The number of fused-ring (bicyclic) bond motifs is 1. The molecular weight excluding hydrogens is 268 g/mol. The Kier molecular flexibility index (Phi) is 5.33. The summed E-state index contributed by atoms with van der Waals surface area (Å²) in [6, 6.07) is 5.70. The van der Waals surface area contributed by atoms with Gasteiger partial charge in [-0.2, -0.15) is 0 Å². The molecule has 0 aliphatic carbocycles. The molecule has 1 heterocycles. The Labute approximate surface area is 124 Å². The lowest BCUT2D eigenvalue weighted by Gasteiger charge is -2.18. The molecule has 0 radical (unpaired) electrons. The first-order valence-corrected chi connectivity index (χ1v) is 7.45. The van der Waals surface area contributed by atoms with E-state index in [1.807, 2.05) is 25.1 Å². The highest BCUT2D eigenvalue weighted by Crippen LogP contribution is 2.16. The number of carboxylic acid groups (broad SMARTS) is 1. The number of carbonyl (C=O) groups excluding carboxylic acids is 1. The van der Waals surface area contributed by atoms with E-state index in [1.165, 1.54) is 5.56 Å². The number of benzene rings is 1. The minimum atomic E-state index is -0.855. The van der Waals surface area contributed by atoms with Gasteiger partial charge in [0.05, 0.1) is 5.92 Å². The zero-order chi connectivity index (χ0) is 15.2. The Hall–Kier alpha value is -1.88. The normalized spacial score (nSPS) is 15.1. The van der Waals surface area contributed by atoms with Crippen LogP contribution in [0.25, 0.3) is 0 Å². The van der Waals surface area contributed by atoms with E-state index in [0.29, 0.717) is 12.0 Å². The molecule has 1 aromatic carbocycles. The summed E-state index contributed by atoms with van der Waals surface area (Å²) in [7, 11) is 0. The second-order valence-corrected chi connectivity index (χ2v) is 5.44. The number of amides is 1. The van der Waals surface area contributed by atoms with Gasteiger partial charge >= 0.3 is 5.97 Å². The van der Waals surface area contributed by atoms with E-state index in [4.69, 9.17) is 5.11 Å². The van der Waals surface area contributed by atoms with Crippen molar-refractivity contribution in [3.63, 3.8) is 0 Å². The van der Waals surface area contributed by atoms with Crippen molar-refractivity contribution in [1.82, 2.24) is 10.6 Å². The van der Waals surface area contributed by atoms with Gasteiger partial charge in [0, 0.05) is 18.7 Å². The zero-order valence-electron chi connectivity index (χ0n) is 12.3. The standard InChI is InChI=1S/C16H22N2O3/c1-2-3-13(16(20)21)10-18-15(19)12-5-4-11-6-7-17-9-14(11)8-12/h4-5,8,13,17H,2-3,6-7,9-10H2,1H3,(H,18,19)(H,20,21). The lowest BCUT2D eigenvalue weighted by atomic mass is 9.98. The first-order valence-electron chi connectivity index (χ1n) is 7.45. The minimum Gasteiger partial charge on any atom is -0.481 e. The molecule has 1 aromatic rings. The smallest absolute Gasteiger partial charge is 0.308 e. The average molecular weight is 290 g/mol. The summed E-state index contributed by atoms with van der Waals surface area (Å²) >= 11 is 0. The van der Waals surface area contributed by atoms with Crippen LogP contribution in [-0.2, 0) is 17.8 Å². The lowest BCUT2D eigenvalue weighted by molar-refractivity contribution is -0.141. The van der Waals surface area contributed by atoms with Crippen molar-refractivity contribution in [2.24, 2.45) is 5.92 Å². The third-order valence-electron chi connectivity index (χ3n) is 3.85. The first kappa shape index (κ1) is 15.5. The van der Waals surface area contributed by atoms with Crippen LogP contribution in [0.15, 0.2) is 18.2 Å². The van der Waals surface area contributed by atoms with Crippen LogP contribution >= 0.6 is 0 Å². The monoisotopic (exact) mass is 290 g/mol. The van der Waals surface area contributed by atoms with Gasteiger partial charge in [-0.3, -0.25) is 9.59 Å². The summed E-state index contributed by atoms with van der Waals surface area (Å²) in [5.41, 5.74) is 3.02. The molecule has 0 bridgehead atoms. The summed E-state index contributed by atoms with van der Waals surface area (Å²) in [5, 5.41) is 15.1. The average Bonchev–Trinajstić information content (AvgIpc) is 2.50. The van der Waals surface area contributed by atoms with Crippen molar-refractivity contribution >= 4 is 11.9 Å². The molecular formula is C16H22N2O3. The Balaban J connectivity index is 1.98. The number of aliphatic carboxylic acids is 1. The third kappa shape index (κ3) is 4.04. The molecule has 114 valence electrons. The summed E-state index contributed by atoms with van der Waals surface area (Å²) in [4.78, 5) is 23.2. The van der Waals surface area contributed by atoms with E-state index in [9.17, 15) is 9.59 Å². The zero-order valence-corrected chi connectivity index (χ0v) is 12.3. The highest BCUT2D eigenvalue weighted by molar-refractivity contribution is 5.94. The van der Waals surface area contributed by atoms with Gasteiger partial charge in [-0.1, -0.05) is 19.4 Å². The maximum atomic E-state index is 12.1. The Morgan fingerprint density at radius 2 is 2.19 bits per heavy atom. The van der Waals surface area contributed by atoms with Crippen molar-refractivity contribution in [1.29, 1.82) is 0 Å². The molecule has 21 heavy (non-hydrogen) atoms. The van der Waals surface area contributed by atoms with Gasteiger partial charge in [0.1, 0.15) is 0 Å².